The molecule has 0 aliphatic rings. The molecule has 166 valence electrons. The molecule has 1 aromatic carbocycles. The average Bonchev–Trinajstić information content (AvgIpc) is 2.71. The number of hydrogen-bond acceptors (Lipinski definition) is 5. The number of oxime groups is 2. The molecule has 0 fully saturated rings. The van der Waals surface area contributed by atoms with Gasteiger partial charge in [0.15, 0.2) is 0 Å². The fourth-order valence-electron chi connectivity index (χ4n) is 2.71. The van der Waals surface area contributed by atoms with Crippen LogP contribution in [0.4, 0.5) is 17.7 Å². The zero-order valence-corrected chi connectivity index (χ0v) is 17.5. The quantitative estimate of drug-likeness (QED) is 0.198. The molecule has 0 N–H and O–H groups in total. The number of rotatable bonds is 7. The third-order valence-electron chi connectivity index (χ3n) is 4.28. The normalized spacial score (nSPS) is 12.5. The Hall–Kier alpha value is -3.43. The van der Waals surface area contributed by atoms with E-state index in [9.17, 15) is 17.7 Å². The summed E-state index contributed by atoms with van der Waals surface area (Å²) in [5.74, 6) is -0.0688. The van der Waals surface area contributed by atoms with E-state index in [2.05, 4.69) is 21.9 Å². The van der Waals surface area contributed by atoms with Crippen molar-refractivity contribution in [2.75, 3.05) is 14.2 Å². The Morgan fingerprint density at radius 1 is 1.26 bits per heavy atom. The van der Waals surface area contributed by atoms with Crippen LogP contribution in [0.25, 0.3) is 6.08 Å². The van der Waals surface area contributed by atoms with Gasteiger partial charge >= 0.3 is 6.18 Å². The Balaban J connectivity index is 2.33. The molecule has 0 aliphatic heterocycles. The summed E-state index contributed by atoms with van der Waals surface area (Å²) in [7, 11) is 2.46. The maximum absolute atomic E-state index is 13.9. The van der Waals surface area contributed by atoms with Crippen LogP contribution in [-0.4, -0.2) is 35.8 Å². The van der Waals surface area contributed by atoms with Crippen molar-refractivity contribution in [3.8, 4) is 0 Å². The van der Waals surface area contributed by atoms with Gasteiger partial charge in [-0.05, 0) is 37.6 Å². The molecule has 0 saturated heterocycles. The molecule has 0 spiro atoms. The number of halogens is 4. The maximum Gasteiger partial charge on any atom is 0.416 e. The van der Waals surface area contributed by atoms with E-state index in [1.807, 2.05) is 0 Å². The van der Waals surface area contributed by atoms with Crippen LogP contribution < -0.4 is 0 Å². The van der Waals surface area contributed by atoms with E-state index < -0.39 is 11.7 Å². The molecule has 1 heterocycles. The highest BCUT2D eigenvalue weighted by molar-refractivity contribution is 5.99. The minimum Gasteiger partial charge on any atom is -0.397 e. The van der Waals surface area contributed by atoms with E-state index in [0.29, 0.717) is 16.2 Å². The SMILES string of the molecule is C=Cc1cc(C(F)(F)F)cc(/C(C)=N/OCc2c(C)cccc2/C(=N\OC)N(C)F)n1. The number of aromatic nitrogens is 1. The number of benzene rings is 1. The topological polar surface area (TPSA) is 59.3 Å². The molecular formula is C21H22F4N4O2. The zero-order valence-electron chi connectivity index (χ0n) is 17.5. The molecule has 0 bridgehead atoms. The zero-order chi connectivity index (χ0) is 23.2. The average molecular weight is 438 g/mol. The Kier molecular flexibility index (Phi) is 7.73. The van der Waals surface area contributed by atoms with E-state index in [-0.39, 0.29) is 29.5 Å². The van der Waals surface area contributed by atoms with Gasteiger partial charge in [0.25, 0.3) is 0 Å². The van der Waals surface area contributed by atoms with Crippen molar-refractivity contribution in [3.05, 3.63) is 70.6 Å². The van der Waals surface area contributed by atoms with Crippen LogP contribution >= 0.6 is 0 Å². The van der Waals surface area contributed by atoms with E-state index >= 15 is 0 Å². The molecule has 0 radical (unpaired) electrons. The van der Waals surface area contributed by atoms with Crippen molar-refractivity contribution in [3.63, 3.8) is 0 Å². The summed E-state index contributed by atoms with van der Waals surface area (Å²) >= 11 is 0. The minimum atomic E-state index is -4.54. The summed E-state index contributed by atoms with van der Waals surface area (Å²) in [6, 6.07) is 6.94. The third-order valence-corrected chi connectivity index (χ3v) is 4.28. The largest absolute Gasteiger partial charge is 0.416 e. The highest BCUT2D eigenvalue weighted by Crippen LogP contribution is 2.30. The lowest BCUT2D eigenvalue weighted by atomic mass is 10.0. The van der Waals surface area contributed by atoms with Gasteiger partial charge in [0.05, 0.1) is 17.0 Å². The lowest BCUT2D eigenvalue weighted by Crippen LogP contribution is -2.21. The van der Waals surface area contributed by atoms with Crippen LogP contribution in [0.5, 0.6) is 0 Å². The summed E-state index contributed by atoms with van der Waals surface area (Å²) in [6.07, 6.45) is -3.32. The molecule has 2 aromatic rings. The second-order valence-corrected chi connectivity index (χ2v) is 6.49. The fraction of sp³-hybridized carbons (Fsp3) is 0.286. The van der Waals surface area contributed by atoms with Crippen molar-refractivity contribution < 1.29 is 27.3 Å². The van der Waals surface area contributed by atoms with E-state index in [0.717, 1.165) is 17.7 Å². The highest BCUT2D eigenvalue weighted by atomic mass is 19.4. The first-order valence-electron chi connectivity index (χ1n) is 9.06. The number of aryl methyl sites for hydroxylation is 1. The standard InChI is InChI=1S/C21H22F4N4O2/c1-6-16-10-15(21(22,23)24)11-19(26-16)14(3)27-31-12-18-13(2)8-7-9-17(18)20(28-30-5)29(4)25/h6-11H,1,12H2,2-5H3/b27-14+,28-20+. The smallest absolute Gasteiger partial charge is 0.397 e. The number of amidine groups is 1. The van der Waals surface area contributed by atoms with Crippen molar-refractivity contribution in [2.24, 2.45) is 10.3 Å². The molecule has 0 atom stereocenters. The van der Waals surface area contributed by atoms with Gasteiger partial charge in [-0.25, -0.2) is 4.98 Å². The van der Waals surface area contributed by atoms with Crippen LogP contribution in [0.2, 0.25) is 0 Å². The molecule has 0 saturated carbocycles. The molecule has 0 aliphatic carbocycles. The predicted molar refractivity (Wildman–Crippen MR) is 110 cm³/mol. The van der Waals surface area contributed by atoms with Crippen molar-refractivity contribution in [1.82, 2.24) is 10.1 Å². The number of alkyl halides is 3. The second-order valence-electron chi connectivity index (χ2n) is 6.49. The molecule has 10 heteroatoms. The molecule has 31 heavy (non-hydrogen) atoms. The predicted octanol–water partition coefficient (Wildman–Crippen LogP) is 5.12. The van der Waals surface area contributed by atoms with Gasteiger partial charge in [0.2, 0.25) is 5.84 Å². The first-order chi connectivity index (χ1) is 14.6. The molecule has 2 rings (SSSR count). The molecular weight excluding hydrogens is 416 g/mol. The van der Waals surface area contributed by atoms with Gasteiger partial charge in [0.1, 0.15) is 19.4 Å². The number of nitrogens with zero attached hydrogens (tertiary/aromatic N) is 4. The summed E-state index contributed by atoms with van der Waals surface area (Å²) in [4.78, 5) is 14.2. The van der Waals surface area contributed by atoms with Crippen molar-refractivity contribution in [1.29, 1.82) is 0 Å². The monoisotopic (exact) mass is 438 g/mol. The van der Waals surface area contributed by atoms with Gasteiger partial charge < -0.3 is 9.68 Å². The Morgan fingerprint density at radius 2 is 1.97 bits per heavy atom. The van der Waals surface area contributed by atoms with Gasteiger partial charge in [-0.1, -0.05) is 39.6 Å². The minimum absolute atomic E-state index is 0.000131. The second kappa shape index (κ2) is 10.1. The highest BCUT2D eigenvalue weighted by Gasteiger charge is 2.31. The van der Waals surface area contributed by atoms with Crippen LogP contribution in [-0.2, 0) is 22.5 Å². The molecule has 0 amide bonds. The van der Waals surface area contributed by atoms with Gasteiger partial charge in [-0.15, -0.1) is 0 Å². The first kappa shape index (κ1) is 23.8. The van der Waals surface area contributed by atoms with E-state index in [1.165, 1.54) is 27.2 Å². The Labute approximate surface area is 177 Å². The number of hydrogen-bond donors (Lipinski definition) is 0. The summed E-state index contributed by atoms with van der Waals surface area (Å²) in [6.45, 7) is 6.66. The van der Waals surface area contributed by atoms with Crippen molar-refractivity contribution in [2.45, 2.75) is 26.6 Å². The summed E-state index contributed by atoms with van der Waals surface area (Å²) in [5.41, 5.74) is 1.12. The van der Waals surface area contributed by atoms with Crippen LogP contribution in [0, 0.1) is 6.92 Å². The first-order valence-corrected chi connectivity index (χ1v) is 9.06. The summed E-state index contributed by atoms with van der Waals surface area (Å²) in [5, 5.41) is 7.89. The maximum atomic E-state index is 13.9. The lowest BCUT2D eigenvalue weighted by Gasteiger charge is -2.16. The lowest BCUT2D eigenvalue weighted by molar-refractivity contribution is -0.137. The van der Waals surface area contributed by atoms with Gasteiger partial charge in [-0.3, -0.25) is 0 Å². The van der Waals surface area contributed by atoms with Crippen molar-refractivity contribution >= 4 is 17.6 Å². The Bertz CT molecular complexity index is 1000. The molecule has 6 nitrogen and oxygen atoms in total. The van der Waals surface area contributed by atoms with E-state index in [1.54, 1.807) is 25.1 Å². The Morgan fingerprint density at radius 3 is 2.55 bits per heavy atom. The summed E-state index contributed by atoms with van der Waals surface area (Å²) < 4.78 is 53.2. The fourth-order valence-corrected chi connectivity index (χ4v) is 2.71. The van der Waals surface area contributed by atoms with Crippen LogP contribution in [0.1, 0.15) is 40.6 Å². The molecule has 0 unspecified atom stereocenters. The van der Waals surface area contributed by atoms with Crippen LogP contribution in [0.3, 0.4) is 0 Å². The van der Waals surface area contributed by atoms with Gasteiger partial charge in [0, 0.05) is 18.2 Å². The van der Waals surface area contributed by atoms with E-state index in [4.69, 9.17) is 9.68 Å². The number of pyridine rings is 1. The van der Waals surface area contributed by atoms with Gasteiger partial charge in [-0.2, -0.15) is 18.3 Å². The molecule has 1 aromatic heterocycles. The van der Waals surface area contributed by atoms with Crippen LogP contribution in [0.15, 0.2) is 47.2 Å². The third kappa shape index (κ3) is 6.03.